The maximum absolute atomic E-state index is 12.4. The van der Waals surface area contributed by atoms with Gasteiger partial charge < -0.3 is 9.88 Å². The highest BCUT2D eigenvalue weighted by Gasteiger charge is 2.30. The quantitative estimate of drug-likeness (QED) is 0.909. The molecule has 1 amide bonds. The number of amides is 1. The topological polar surface area (TPSA) is 79.0 Å². The molecule has 1 atom stereocenters. The van der Waals surface area contributed by atoms with E-state index in [0.29, 0.717) is 18.8 Å². The van der Waals surface area contributed by atoms with E-state index >= 15 is 0 Å². The molecule has 0 spiro atoms. The predicted molar refractivity (Wildman–Crippen MR) is 81.8 cm³/mol. The average molecular weight is 298 g/mol. The summed E-state index contributed by atoms with van der Waals surface area (Å²) in [4.78, 5) is 37.1. The minimum atomic E-state index is -0.265. The average Bonchev–Trinajstić information content (AvgIpc) is 2.95. The standard InChI is InChI=1S/C16H18N4O2/c1-10-8-11(2)18-15(17-10)12-6-7-20(9-12)16(22)13-4-3-5-14(21)19-13/h3-5,8,12H,6-7,9H2,1-2H3,(H,19,21)/t12-/m0/s1. The van der Waals surface area contributed by atoms with E-state index in [-0.39, 0.29) is 17.4 Å². The van der Waals surface area contributed by atoms with E-state index in [9.17, 15) is 9.59 Å². The van der Waals surface area contributed by atoms with Gasteiger partial charge in [0.1, 0.15) is 11.5 Å². The minimum absolute atomic E-state index is 0.149. The molecular weight excluding hydrogens is 280 g/mol. The van der Waals surface area contributed by atoms with E-state index in [4.69, 9.17) is 0 Å². The number of likely N-dealkylation sites (tertiary alicyclic amines) is 1. The Balaban J connectivity index is 1.77. The Hall–Kier alpha value is -2.50. The van der Waals surface area contributed by atoms with Crippen molar-refractivity contribution in [2.75, 3.05) is 13.1 Å². The van der Waals surface area contributed by atoms with Crippen LogP contribution in [0.1, 0.15) is 40.0 Å². The maximum Gasteiger partial charge on any atom is 0.270 e. The zero-order valence-corrected chi connectivity index (χ0v) is 12.7. The van der Waals surface area contributed by atoms with Crippen LogP contribution in [-0.2, 0) is 0 Å². The summed E-state index contributed by atoms with van der Waals surface area (Å²) in [6, 6.07) is 6.56. The smallest absolute Gasteiger partial charge is 0.270 e. The molecule has 1 saturated heterocycles. The Labute approximate surface area is 128 Å². The molecule has 0 bridgehead atoms. The molecule has 2 aromatic heterocycles. The van der Waals surface area contributed by atoms with Gasteiger partial charge in [0, 0.05) is 36.5 Å². The number of aryl methyl sites for hydroxylation is 2. The van der Waals surface area contributed by atoms with Gasteiger partial charge in [0.25, 0.3) is 5.91 Å². The molecule has 0 saturated carbocycles. The lowest BCUT2D eigenvalue weighted by atomic mass is 10.1. The number of H-pyrrole nitrogens is 1. The van der Waals surface area contributed by atoms with E-state index in [1.807, 2.05) is 19.9 Å². The van der Waals surface area contributed by atoms with E-state index in [0.717, 1.165) is 23.6 Å². The number of aromatic nitrogens is 3. The Bertz CT molecular complexity index is 748. The Morgan fingerprint density at radius 1 is 1.27 bits per heavy atom. The molecule has 1 aliphatic heterocycles. The molecule has 1 fully saturated rings. The molecule has 0 aliphatic carbocycles. The second kappa shape index (κ2) is 5.71. The number of nitrogens with one attached hydrogen (secondary N) is 1. The van der Waals surface area contributed by atoms with Crippen LogP contribution < -0.4 is 5.56 Å². The number of hydrogen-bond donors (Lipinski definition) is 1. The van der Waals surface area contributed by atoms with Crippen LogP contribution in [0, 0.1) is 13.8 Å². The van der Waals surface area contributed by atoms with E-state index < -0.39 is 0 Å². The summed E-state index contributed by atoms with van der Waals surface area (Å²) >= 11 is 0. The summed E-state index contributed by atoms with van der Waals surface area (Å²) in [6.07, 6.45) is 0.839. The van der Waals surface area contributed by atoms with Crippen LogP contribution in [0.25, 0.3) is 0 Å². The molecule has 0 unspecified atom stereocenters. The van der Waals surface area contributed by atoms with Crippen LogP contribution in [-0.4, -0.2) is 38.8 Å². The fourth-order valence-electron chi connectivity index (χ4n) is 2.83. The van der Waals surface area contributed by atoms with Crippen LogP contribution in [0.2, 0.25) is 0 Å². The molecule has 2 aromatic rings. The first-order valence-electron chi connectivity index (χ1n) is 7.34. The molecule has 22 heavy (non-hydrogen) atoms. The van der Waals surface area contributed by atoms with Gasteiger partial charge in [-0.15, -0.1) is 0 Å². The van der Waals surface area contributed by atoms with Crippen LogP contribution in [0.4, 0.5) is 0 Å². The molecule has 0 radical (unpaired) electrons. The summed E-state index contributed by atoms with van der Waals surface area (Å²) in [6.45, 7) is 5.13. The number of rotatable bonds is 2. The predicted octanol–water partition coefficient (Wildman–Crippen LogP) is 1.41. The molecule has 114 valence electrons. The first-order valence-corrected chi connectivity index (χ1v) is 7.34. The SMILES string of the molecule is Cc1cc(C)nc([C@H]2CCN(C(=O)c3cccc(=O)[nH]3)C2)n1. The van der Waals surface area contributed by atoms with Crippen molar-refractivity contribution in [3.05, 3.63) is 57.5 Å². The normalized spacial score (nSPS) is 17.7. The van der Waals surface area contributed by atoms with Crippen LogP contribution in [0.5, 0.6) is 0 Å². The Morgan fingerprint density at radius 3 is 2.68 bits per heavy atom. The van der Waals surface area contributed by atoms with Gasteiger partial charge >= 0.3 is 0 Å². The van der Waals surface area contributed by atoms with E-state index in [1.165, 1.54) is 6.07 Å². The molecule has 1 aliphatic rings. The summed E-state index contributed by atoms with van der Waals surface area (Å²) in [5.74, 6) is 0.803. The molecule has 3 heterocycles. The van der Waals surface area contributed by atoms with Gasteiger partial charge in [-0.05, 0) is 32.4 Å². The number of hydrogen-bond acceptors (Lipinski definition) is 4. The fourth-order valence-corrected chi connectivity index (χ4v) is 2.83. The van der Waals surface area contributed by atoms with Crippen molar-refractivity contribution in [1.29, 1.82) is 0 Å². The van der Waals surface area contributed by atoms with Gasteiger partial charge in [0.05, 0.1) is 0 Å². The first kappa shape index (κ1) is 14.4. The van der Waals surface area contributed by atoms with Crippen molar-refractivity contribution in [2.45, 2.75) is 26.2 Å². The third-order valence-corrected chi connectivity index (χ3v) is 3.84. The summed E-state index contributed by atoms with van der Waals surface area (Å²) in [5.41, 5.74) is 1.95. The lowest BCUT2D eigenvalue weighted by Crippen LogP contribution is -2.30. The van der Waals surface area contributed by atoms with Crippen molar-refractivity contribution in [3.8, 4) is 0 Å². The van der Waals surface area contributed by atoms with Crippen molar-refractivity contribution in [3.63, 3.8) is 0 Å². The third kappa shape index (κ3) is 2.90. The summed E-state index contributed by atoms with van der Waals surface area (Å²) in [7, 11) is 0. The molecule has 0 aromatic carbocycles. The number of carbonyl (C=O) groups is 1. The highest BCUT2D eigenvalue weighted by atomic mass is 16.2. The number of aromatic amines is 1. The van der Waals surface area contributed by atoms with Gasteiger partial charge in [-0.25, -0.2) is 9.97 Å². The highest BCUT2D eigenvalue weighted by Crippen LogP contribution is 2.25. The van der Waals surface area contributed by atoms with Crippen molar-refractivity contribution >= 4 is 5.91 Å². The van der Waals surface area contributed by atoms with Gasteiger partial charge in [-0.3, -0.25) is 9.59 Å². The van der Waals surface area contributed by atoms with Crippen LogP contribution in [0.15, 0.2) is 29.1 Å². The molecule has 6 nitrogen and oxygen atoms in total. The van der Waals surface area contributed by atoms with Gasteiger partial charge in [-0.1, -0.05) is 6.07 Å². The molecule has 1 N–H and O–H groups in total. The Kier molecular flexibility index (Phi) is 3.75. The maximum atomic E-state index is 12.4. The van der Waals surface area contributed by atoms with Crippen molar-refractivity contribution in [1.82, 2.24) is 19.9 Å². The zero-order valence-electron chi connectivity index (χ0n) is 12.7. The minimum Gasteiger partial charge on any atom is -0.337 e. The lowest BCUT2D eigenvalue weighted by Gasteiger charge is -2.16. The molecular formula is C16H18N4O2. The summed E-state index contributed by atoms with van der Waals surface area (Å²) in [5, 5.41) is 0. The van der Waals surface area contributed by atoms with E-state index in [2.05, 4.69) is 15.0 Å². The van der Waals surface area contributed by atoms with Crippen LogP contribution >= 0.6 is 0 Å². The van der Waals surface area contributed by atoms with Gasteiger partial charge in [0.2, 0.25) is 5.56 Å². The first-order chi connectivity index (χ1) is 10.5. The Morgan fingerprint density at radius 2 is 2.00 bits per heavy atom. The van der Waals surface area contributed by atoms with Crippen molar-refractivity contribution in [2.24, 2.45) is 0 Å². The summed E-state index contributed by atoms with van der Waals surface area (Å²) < 4.78 is 0. The second-order valence-corrected chi connectivity index (χ2v) is 5.67. The monoisotopic (exact) mass is 298 g/mol. The number of nitrogens with zero attached hydrogens (tertiary/aromatic N) is 3. The van der Waals surface area contributed by atoms with Gasteiger partial charge in [-0.2, -0.15) is 0 Å². The lowest BCUT2D eigenvalue weighted by molar-refractivity contribution is 0.0784. The fraction of sp³-hybridized carbons (Fsp3) is 0.375. The number of pyridine rings is 1. The zero-order chi connectivity index (χ0) is 15.7. The largest absolute Gasteiger partial charge is 0.337 e. The third-order valence-electron chi connectivity index (χ3n) is 3.84. The van der Waals surface area contributed by atoms with Crippen molar-refractivity contribution < 1.29 is 4.79 Å². The molecule has 6 heteroatoms. The second-order valence-electron chi connectivity index (χ2n) is 5.67. The van der Waals surface area contributed by atoms with Crippen LogP contribution in [0.3, 0.4) is 0 Å². The van der Waals surface area contributed by atoms with Gasteiger partial charge in [0.15, 0.2) is 0 Å². The molecule has 3 rings (SSSR count). The highest BCUT2D eigenvalue weighted by molar-refractivity contribution is 5.92. The van der Waals surface area contributed by atoms with E-state index in [1.54, 1.807) is 17.0 Å². The number of carbonyl (C=O) groups excluding carboxylic acids is 1.